The third-order valence-electron chi connectivity index (χ3n) is 9.59. The minimum absolute atomic E-state index is 0.0323. The Morgan fingerprint density at radius 2 is 1.64 bits per heavy atom. The van der Waals surface area contributed by atoms with Gasteiger partial charge >= 0.3 is 12.1 Å². The summed E-state index contributed by atoms with van der Waals surface area (Å²) >= 11 is 0. The molecule has 6 unspecified atom stereocenters. The van der Waals surface area contributed by atoms with Crippen molar-refractivity contribution in [2.45, 2.75) is 94.2 Å². The lowest BCUT2D eigenvalue weighted by Crippen LogP contribution is -2.47. The first-order valence-electron chi connectivity index (χ1n) is 15.9. The molecule has 2 aromatic rings. The number of carboxylic acids is 1. The summed E-state index contributed by atoms with van der Waals surface area (Å²) in [6.45, 7) is 0.607. The molecule has 0 radical (unpaired) electrons. The average Bonchev–Trinajstić information content (AvgIpc) is 3.69. The zero-order valence-corrected chi connectivity index (χ0v) is 25.9. The van der Waals surface area contributed by atoms with Crippen molar-refractivity contribution in [3.63, 3.8) is 0 Å². The van der Waals surface area contributed by atoms with Crippen LogP contribution in [-0.4, -0.2) is 52.0 Å². The number of anilines is 1. The maximum Gasteiger partial charge on any atom is 0.408 e. The van der Waals surface area contributed by atoms with Crippen LogP contribution in [-0.2, 0) is 25.5 Å². The summed E-state index contributed by atoms with van der Waals surface area (Å²) in [6.07, 6.45) is 6.14. The first kappa shape index (κ1) is 32.0. The van der Waals surface area contributed by atoms with Crippen molar-refractivity contribution in [1.82, 2.24) is 10.6 Å². The molecule has 2 aromatic carbocycles. The van der Waals surface area contributed by atoms with E-state index in [4.69, 9.17) is 4.74 Å². The number of hydrogen-bond acceptors (Lipinski definition) is 6. The van der Waals surface area contributed by atoms with Gasteiger partial charge in [0.15, 0.2) is 0 Å². The summed E-state index contributed by atoms with van der Waals surface area (Å²) in [5.74, 6) is -3.42. The molecule has 44 heavy (non-hydrogen) atoms. The second kappa shape index (κ2) is 14.6. The van der Waals surface area contributed by atoms with Crippen molar-refractivity contribution in [3.05, 3.63) is 65.7 Å². The molecular formula is C33H44N3O7P. The van der Waals surface area contributed by atoms with E-state index in [9.17, 15) is 28.9 Å². The molecule has 11 heteroatoms. The number of rotatable bonds is 12. The van der Waals surface area contributed by atoms with E-state index < -0.39 is 48.7 Å². The molecule has 2 amide bonds. The fraction of sp³-hybridized carbons (Fsp3) is 0.545. The van der Waals surface area contributed by atoms with Crippen molar-refractivity contribution < 1.29 is 33.7 Å². The Morgan fingerprint density at radius 3 is 2.39 bits per heavy atom. The minimum atomic E-state index is -4.15. The topological polar surface area (TPSA) is 154 Å². The monoisotopic (exact) mass is 625 g/mol. The predicted molar refractivity (Wildman–Crippen MR) is 168 cm³/mol. The summed E-state index contributed by atoms with van der Waals surface area (Å²) in [4.78, 5) is 50.5. The van der Waals surface area contributed by atoms with Gasteiger partial charge in [-0.15, -0.1) is 0 Å². The lowest BCUT2D eigenvalue weighted by Gasteiger charge is -2.34. The third-order valence-corrected chi connectivity index (χ3v) is 12.4. The summed E-state index contributed by atoms with van der Waals surface area (Å²) in [5.41, 5.74) is 1.90. The number of carboxylic acid groups (broad SMARTS) is 1. The van der Waals surface area contributed by atoms with Gasteiger partial charge in [0.1, 0.15) is 18.4 Å². The van der Waals surface area contributed by atoms with Crippen molar-refractivity contribution in [2.24, 2.45) is 11.8 Å². The molecule has 0 saturated heterocycles. The Labute approximate surface area is 258 Å². The zero-order valence-electron chi connectivity index (χ0n) is 25.0. The number of nitrogens with one attached hydrogen (secondary N) is 3. The smallest absolute Gasteiger partial charge is 0.408 e. The Morgan fingerprint density at radius 1 is 0.909 bits per heavy atom. The van der Waals surface area contributed by atoms with Gasteiger partial charge in [-0.2, -0.15) is 0 Å². The molecule has 5 rings (SSSR count). The van der Waals surface area contributed by atoms with Crippen molar-refractivity contribution in [1.29, 1.82) is 0 Å². The van der Waals surface area contributed by atoms with Gasteiger partial charge in [-0.25, -0.2) is 9.59 Å². The highest BCUT2D eigenvalue weighted by Crippen LogP contribution is 2.59. The highest BCUT2D eigenvalue weighted by atomic mass is 31.2. The van der Waals surface area contributed by atoms with Crippen LogP contribution in [0.5, 0.6) is 0 Å². The second-order valence-corrected chi connectivity index (χ2v) is 15.2. The van der Waals surface area contributed by atoms with Crippen molar-refractivity contribution in [3.8, 4) is 0 Å². The van der Waals surface area contributed by atoms with E-state index in [0.717, 1.165) is 48.9 Å². The summed E-state index contributed by atoms with van der Waals surface area (Å²) < 4.78 is 19.7. The fourth-order valence-electron chi connectivity index (χ4n) is 7.21. The number of fused-ring (bicyclic) bond motifs is 1. The first-order chi connectivity index (χ1) is 21.2. The lowest BCUT2D eigenvalue weighted by atomic mass is 9.87. The SMILES string of the molecule is O=C(NC(CC1CCCCC1)P(=O)(O)C1CCCC1C(=O)NC(CC1CNc2ccccc21)C(=O)O)OCc1ccccc1. The average molecular weight is 626 g/mol. The molecular weight excluding hydrogens is 581 g/mol. The molecule has 0 aromatic heterocycles. The Bertz CT molecular complexity index is 1350. The van der Waals surface area contributed by atoms with E-state index in [1.807, 2.05) is 54.6 Å². The van der Waals surface area contributed by atoms with Gasteiger partial charge in [-0.3, -0.25) is 9.36 Å². The van der Waals surface area contributed by atoms with Gasteiger partial charge in [0.25, 0.3) is 0 Å². The van der Waals surface area contributed by atoms with Crippen LogP contribution in [0.2, 0.25) is 0 Å². The Kier molecular flexibility index (Phi) is 10.6. The maximum atomic E-state index is 14.3. The van der Waals surface area contributed by atoms with E-state index in [2.05, 4.69) is 16.0 Å². The quantitative estimate of drug-likeness (QED) is 0.185. The van der Waals surface area contributed by atoms with Gasteiger partial charge in [-0.1, -0.05) is 87.1 Å². The summed E-state index contributed by atoms with van der Waals surface area (Å²) in [6, 6.07) is 15.8. The molecule has 1 heterocycles. The number of para-hydroxylation sites is 1. The number of carbonyl (C=O) groups is 3. The number of amides is 2. The van der Waals surface area contributed by atoms with Crippen molar-refractivity contribution >= 4 is 31.0 Å². The normalized spacial score (nSPS) is 24.2. The number of ether oxygens (including phenoxy) is 1. The van der Waals surface area contributed by atoms with Crippen LogP contribution >= 0.6 is 7.37 Å². The van der Waals surface area contributed by atoms with Crippen LogP contribution < -0.4 is 16.0 Å². The number of aliphatic carboxylic acids is 1. The number of hydrogen-bond donors (Lipinski definition) is 5. The largest absolute Gasteiger partial charge is 0.480 e. The van der Waals surface area contributed by atoms with Gasteiger partial charge in [0.05, 0.1) is 0 Å². The summed E-state index contributed by atoms with van der Waals surface area (Å²) in [7, 11) is -4.15. The standard InChI is InChI=1S/C33H44N3O7P/c37-31(35-28(32(38)39)19-24-20-34-27-16-8-7-14-25(24)27)26-15-9-17-29(26)44(41,42)30(18-22-10-3-1-4-11-22)36-33(40)43-21-23-12-5-2-6-13-23/h2,5-8,12-14,16,22,24,26,28-30,34H,1,3-4,9-11,15,17-21H2,(H,35,37)(H,36,40)(H,38,39)(H,41,42). The van der Waals surface area contributed by atoms with E-state index in [-0.39, 0.29) is 24.9 Å². The van der Waals surface area contributed by atoms with Crippen LogP contribution in [0.3, 0.4) is 0 Å². The second-order valence-electron chi connectivity index (χ2n) is 12.5. The predicted octanol–water partition coefficient (Wildman–Crippen LogP) is 5.82. The molecule has 0 bridgehead atoms. The number of alkyl carbamates (subject to hydrolysis) is 1. The van der Waals surface area contributed by atoms with Crippen molar-refractivity contribution in [2.75, 3.05) is 11.9 Å². The highest BCUT2D eigenvalue weighted by molar-refractivity contribution is 7.59. The van der Waals surface area contributed by atoms with Crippen LogP contribution in [0.15, 0.2) is 54.6 Å². The number of carbonyl (C=O) groups excluding carboxylic acids is 2. The molecule has 3 aliphatic rings. The third kappa shape index (κ3) is 7.83. The fourth-order valence-corrected chi connectivity index (χ4v) is 9.92. The number of benzene rings is 2. The van der Waals surface area contributed by atoms with E-state index >= 15 is 0 Å². The Hall–Kier alpha value is -3.36. The van der Waals surface area contributed by atoms with E-state index in [1.54, 1.807) is 0 Å². The summed E-state index contributed by atoms with van der Waals surface area (Å²) in [5, 5.41) is 18.7. The molecule has 1 aliphatic heterocycles. The molecule has 2 aliphatic carbocycles. The maximum absolute atomic E-state index is 14.3. The lowest BCUT2D eigenvalue weighted by molar-refractivity contribution is -0.142. The molecule has 10 nitrogen and oxygen atoms in total. The highest BCUT2D eigenvalue weighted by Gasteiger charge is 2.49. The van der Waals surface area contributed by atoms with Gasteiger partial charge < -0.3 is 30.7 Å². The molecule has 238 valence electrons. The van der Waals surface area contributed by atoms with Crippen LogP contribution in [0.25, 0.3) is 0 Å². The van der Waals surface area contributed by atoms with Crippen LogP contribution in [0.1, 0.15) is 81.3 Å². The molecule has 2 fully saturated rings. The molecule has 5 N–H and O–H groups in total. The van der Waals surface area contributed by atoms with Crippen LogP contribution in [0.4, 0.5) is 10.5 Å². The van der Waals surface area contributed by atoms with Crippen LogP contribution in [0, 0.1) is 11.8 Å². The van der Waals surface area contributed by atoms with Gasteiger partial charge in [0, 0.05) is 29.7 Å². The Balaban J connectivity index is 1.27. The zero-order chi connectivity index (χ0) is 31.1. The minimum Gasteiger partial charge on any atom is -0.480 e. The van der Waals surface area contributed by atoms with E-state index in [1.165, 1.54) is 0 Å². The van der Waals surface area contributed by atoms with Gasteiger partial charge in [0.2, 0.25) is 13.3 Å². The van der Waals surface area contributed by atoms with Gasteiger partial charge in [-0.05, 0) is 48.8 Å². The molecule has 6 atom stereocenters. The van der Waals surface area contributed by atoms with E-state index in [0.29, 0.717) is 32.2 Å². The molecule has 0 spiro atoms. The molecule has 2 saturated carbocycles. The first-order valence-corrected chi connectivity index (χ1v) is 17.7.